The van der Waals surface area contributed by atoms with E-state index in [2.05, 4.69) is 4.98 Å². The number of halogens is 1. The highest BCUT2D eigenvalue weighted by molar-refractivity contribution is 5.73. The van der Waals surface area contributed by atoms with E-state index in [9.17, 15) is 9.18 Å². The van der Waals surface area contributed by atoms with E-state index in [4.69, 9.17) is 9.47 Å². The summed E-state index contributed by atoms with van der Waals surface area (Å²) in [5.74, 6) is -0.0246. The van der Waals surface area contributed by atoms with E-state index < -0.39 is 0 Å². The maximum atomic E-state index is 13.1. The fourth-order valence-electron chi connectivity index (χ4n) is 2.60. The van der Waals surface area contributed by atoms with E-state index in [1.165, 1.54) is 12.1 Å². The third kappa shape index (κ3) is 4.45. The van der Waals surface area contributed by atoms with Gasteiger partial charge in [0.2, 0.25) is 0 Å². The molecule has 0 N–H and O–H groups in total. The van der Waals surface area contributed by atoms with Crippen LogP contribution in [0.2, 0.25) is 0 Å². The van der Waals surface area contributed by atoms with Crippen molar-refractivity contribution in [3.63, 3.8) is 0 Å². The number of nitrogens with zero attached hydrogens (tertiary/aromatic N) is 1. The molecule has 0 aliphatic heterocycles. The second-order valence-electron chi connectivity index (χ2n) is 5.73. The highest BCUT2D eigenvalue weighted by Gasteiger charge is 2.10. The van der Waals surface area contributed by atoms with Crippen LogP contribution in [-0.4, -0.2) is 18.1 Å². The number of methoxy groups -OCH3 is 1. The lowest BCUT2D eigenvalue weighted by Gasteiger charge is -2.09. The number of carbonyl (C=O) groups excluding carboxylic acids is 1. The highest BCUT2D eigenvalue weighted by atomic mass is 19.1. The van der Waals surface area contributed by atoms with Gasteiger partial charge in [0.05, 0.1) is 13.5 Å². The van der Waals surface area contributed by atoms with E-state index in [1.54, 1.807) is 37.7 Å². The molecule has 3 rings (SSSR count). The van der Waals surface area contributed by atoms with Crippen molar-refractivity contribution in [2.75, 3.05) is 7.11 Å². The van der Waals surface area contributed by atoms with Gasteiger partial charge in [0, 0.05) is 18.0 Å². The second-order valence-corrected chi connectivity index (χ2v) is 5.73. The Morgan fingerprint density at radius 1 is 1.08 bits per heavy atom. The molecule has 0 saturated carbocycles. The van der Waals surface area contributed by atoms with E-state index in [0.717, 1.165) is 16.7 Å². The fourth-order valence-corrected chi connectivity index (χ4v) is 2.60. The van der Waals surface area contributed by atoms with Crippen molar-refractivity contribution in [3.05, 3.63) is 83.9 Å². The Hall–Kier alpha value is -3.21. The standard InChI is InChI=1S/C21H18FNO3/c1-25-20-9-10-23-13-18(20)12-21(24)26-14-15-3-2-4-17(11-15)16-5-7-19(22)8-6-16/h2-11,13H,12,14H2,1H3. The Morgan fingerprint density at radius 2 is 1.88 bits per heavy atom. The summed E-state index contributed by atoms with van der Waals surface area (Å²) in [5.41, 5.74) is 3.38. The van der Waals surface area contributed by atoms with Crippen molar-refractivity contribution in [2.24, 2.45) is 0 Å². The van der Waals surface area contributed by atoms with Crippen LogP contribution in [0.25, 0.3) is 11.1 Å². The largest absolute Gasteiger partial charge is 0.496 e. The Morgan fingerprint density at radius 3 is 2.65 bits per heavy atom. The van der Waals surface area contributed by atoms with Gasteiger partial charge in [-0.3, -0.25) is 9.78 Å². The van der Waals surface area contributed by atoms with Crippen molar-refractivity contribution in [2.45, 2.75) is 13.0 Å². The van der Waals surface area contributed by atoms with E-state index in [-0.39, 0.29) is 24.8 Å². The molecule has 4 nitrogen and oxygen atoms in total. The zero-order valence-electron chi connectivity index (χ0n) is 14.3. The number of hydrogen-bond acceptors (Lipinski definition) is 4. The molecule has 0 spiro atoms. The second kappa shape index (κ2) is 8.25. The molecular weight excluding hydrogens is 333 g/mol. The van der Waals surface area contributed by atoms with Gasteiger partial charge in [-0.1, -0.05) is 30.3 Å². The molecule has 0 unspecified atom stereocenters. The number of aromatic nitrogens is 1. The van der Waals surface area contributed by atoms with Gasteiger partial charge in [-0.25, -0.2) is 4.39 Å². The number of hydrogen-bond donors (Lipinski definition) is 0. The van der Waals surface area contributed by atoms with Crippen LogP contribution >= 0.6 is 0 Å². The summed E-state index contributed by atoms with van der Waals surface area (Å²) in [7, 11) is 1.55. The molecule has 0 atom stereocenters. The molecule has 0 aliphatic carbocycles. The molecule has 2 aromatic carbocycles. The lowest BCUT2D eigenvalue weighted by Crippen LogP contribution is -2.09. The normalized spacial score (nSPS) is 10.4. The number of benzene rings is 2. The van der Waals surface area contributed by atoms with Crippen molar-refractivity contribution in [1.82, 2.24) is 4.98 Å². The summed E-state index contributed by atoms with van der Waals surface area (Å²) in [6.07, 6.45) is 3.29. The molecule has 1 aromatic heterocycles. The summed E-state index contributed by atoms with van der Waals surface area (Å²) >= 11 is 0. The maximum absolute atomic E-state index is 13.1. The molecule has 3 aromatic rings. The summed E-state index contributed by atoms with van der Waals surface area (Å²) in [5, 5.41) is 0. The first-order valence-corrected chi connectivity index (χ1v) is 8.13. The molecule has 26 heavy (non-hydrogen) atoms. The predicted molar refractivity (Wildman–Crippen MR) is 96.1 cm³/mol. The van der Waals surface area contributed by atoms with Gasteiger partial charge in [0.1, 0.15) is 18.2 Å². The highest BCUT2D eigenvalue weighted by Crippen LogP contribution is 2.21. The van der Waals surface area contributed by atoms with Gasteiger partial charge >= 0.3 is 5.97 Å². The Labute approximate surface area is 151 Å². The van der Waals surface area contributed by atoms with Crippen LogP contribution < -0.4 is 4.74 Å². The van der Waals surface area contributed by atoms with E-state index in [1.807, 2.05) is 24.3 Å². The summed E-state index contributed by atoms with van der Waals surface area (Å²) < 4.78 is 23.6. The van der Waals surface area contributed by atoms with Crippen molar-refractivity contribution in [1.29, 1.82) is 0 Å². The molecule has 0 saturated heterocycles. The number of ether oxygens (including phenoxy) is 2. The molecule has 0 aliphatic rings. The summed E-state index contributed by atoms with van der Waals surface area (Å²) in [4.78, 5) is 16.1. The smallest absolute Gasteiger partial charge is 0.310 e. The minimum absolute atomic E-state index is 0.0919. The number of carbonyl (C=O) groups is 1. The van der Waals surface area contributed by atoms with Crippen molar-refractivity contribution >= 4 is 5.97 Å². The van der Waals surface area contributed by atoms with Crippen LogP contribution in [0, 0.1) is 5.82 Å². The van der Waals surface area contributed by atoms with Gasteiger partial charge < -0.3 is 9.47 Å². The lowest BCUT2D eigenvalue weighted by molar-refractivity contribution is -0.144. The minimum atomic E-state index is -0.358. The third-order valence-corrected chi connectivity index (χ3v) is 3.92. The topological polar surface area (TPSA) is 48.4 Å². The summed E-state index contributed by atoms with van der Waals surface area (Å²) in [6.45, 7) is 0.163. The van der Waals surface area contributed by atoms with Crippen LogP contribution in [0.1, 0.15) is 11.1 Å². The van der Waals surface area contributed by atoms with Gasteiger partial charge in [-0.05, 0) is 41.0 Å². The quantitative estimate of drug-likeness (QED) is 0.625. The molecule has 5 heteroatoms. The monoisotopic (exact) mass is 351 g/mol. The number of pyridine rings is 1. The SMILES string of the molecule is COc1ccncc1CC(=O)OCc1cccc(-c2ccc(F)cc2)c1. The lowest BCUT2D eigenvalue weighted by atomic mass is 10.0. The number of esters is 1. The van der Waals surface area contributed by atoms with Crippen LogP contribution in [0.3, 0.4) is 0 Å². The van der Waals surface area contributed by atoms with Crippen LogP contribution in [0.4, 0.5) is 4.39 Å². The first kappa shape index (κ1) is 17.6. The molecule has 0 amide bonds. The Kier molecular flexibility index (Phi) is 5.59. The fraction of sp³-hybridized carbons (Fsp3) is 0.143. The van der Waals surface area contributed by atoms with Gasteiger partial charge in [0.25, 0.3) is 0 Å². The first-order chi connectivity index (χ1) is 12.7. The third-order valence-electron chi connectivity index (χ3n) is 3.92. The maximum Gasteiger partial charge on any atom is 0.310 e. The average Bonchev–Trinajstić information content (AvgIpc) is 2.67. The van der Waals surface area contributed by atoms with Crippen LogP contribution in [0.15, 0.2) is 67.0 Å². The molecular formula is C21H18FNO3. The average molecular weight is 351 g/mol. The van der Waals surface area contributed by atoms with Gasteiger partial charge in [-0.2, -0.15) is 0 Å². The Balaban J connectivity index is 1.63. The van der Waals surface area contributed by atoms with Crippen molar-refractivity contribution in [3.8, 4) is 16.9 Å². The van der Waals surface area contributed by atoms with E-state index >= 15 is 0 Å². The molecule has 132 valence electrons. The zero-order valence-corrected chi connectivity index (χ0v) is 14.3. The minimum Gasteiger partial charge on any atom is -0.496 e. The number of rotatable bonds is 6. The Bertz CT molecular complexity index is 894. The summed E-state index contributed by atoms with van der Waals surface area (Å²) in [6, 6.07) is 15.6. The van der Waals surface area contributed by atoms with E-state index in [0.29, 0.717) is 11.3 Å². The van der Waals surface area contributed by atoms with Gasteiger partial charge in [0.15, 0.2) is 0 Å². The molecule has 1 heterocycles. The van der Waals surface area contributed by atoms with Crippen LogP contribution in [-0.2, 0) is 22.6 Å². The van der Waals surface area contributed by atoms with Crippen molar-refractivity contribution < 1.29 is 18.7 Å². The molecule has 0 bridgehead atoms. The first-order valence-electron chi connectivity index (χ1n) is 8.13. The van der Waals surface area contributed by atoms with Gasteiger partial charge in [-0.15, -0.1) is 0 Å². The predicted octanol–water partition coefficient (Wildman–Crippen LogP) is 4.18. The molecule has 0 radical (unpaired) electrons. The zero-order chi connectivity index (χ0) is 18.4. The molecule has 0 fully saturated rings. The van der Waals surface area contributed by atoms with Crippen LogP contribution in [0.5, 0.6) is 5.75 Å².